The van der Waals surface area contributed by atoms with Crippen LogP contribution in [-0.4, -0.2) is 89.2 Å². The molecule has 3 N–H and O–H groups in total. The van der Waals surface area contributed by atoms with E-state index >= 15 is 0 Å². The molecule has 0 bridgehead atoms. The molecule has 0 aromatic carbocycles. The Bertz CT molecular complexity index is 1870. The zero-order valence-corrected chi connectivity index (χ0v) is 50.5. The fourth-order valence-electron chi connectivity index (χ4n) is 8.73. The lowest BCUT2D eigenvalue weighted by Crippen LogP contribution is -2.61. The van der Waals surface area contributed by atoms with E-state index in [-0.39, 0.29) is 25.9 Å². The van der Waals surface area contributed by atoms with E-state index in [1.165, 1.54) is 38.5 Å². The fraction of sp³-hybridized carbons (Fsp3) is 0.652. The molecule has 12 nitrogen and oxygen atoms in total. The average molecular weight is 1130 g/mol. The number of rotatable bonds is 52. The van der Waals surface area contributed by atoms with Crippen molar-refractivity contribution in [3.05, 3.63) is 122 Å². The zero-order valence-electron chi connectivity index (χ0n) is 50.5. The van der Waals surface area contributed by atoms with Crippen LogP contribution in [0.1, 0.15) is 239 Å². The number of carbonyl (C=O) groups excluding carboxylic acids is 3. The SMILES string of the molecule is CC/C=C\C/C=C\C/C=C\C/C=C\CCCCCCCCC(=O)OC1C(OCC(COC(=O)CCCCCCCCC/C=C\C/C=C\CCCCC)OC(=O)CCCC/C=C\C/C=C\C/C=C\C/C=C\CC)OC(C(=O)O)C(O)C1O. The van der Waals surface area contributed by atoms with Crippen molar-refractivity contribution in [2.24, 2.45) is 0 Å². The van der Waals surface area contributed by atoms with Gasteiger partial charge in [0.15, 0.2) is 24.6 Å². The van der Waals surface area contributed by atoms with Crippen LogP contribution in [0.25, 0.3) is 0 Å². The van der Waals surface area contributed by atoms with Gasteiger partial charge in [0.2, 0.25) is 0 Å². The second-order valence-electron chi connectivity index (χ2n) is 20.9. The molecule has 1 saturated heterocycles. The molecule has 0 amide bonds. The molecule has 0 radical (unpaired) electrons. The molecule has 458 valence electrons. The van der Waals surface area contributed by atoms with E-state index in [1.807, 2.05) is 0 Å². The molecule has 0 aromatic rings. The van der Waals surface area contributed by atoms with Gasteiger partial charge < -0.3 is 39.0 Å². The molecular weight excluding hydrogens is 1020 g/mol. The Kier molecular flexibility index (Phi) is 50.9. The van der Waals surface area contributed by atoms with Crippen molar-refractivity contribution >= 4 is 23.9 Å². The standard InChI is InChI=1S/C69H110O12/c1-4-7-10-13-16-19-22-25-28-30-31-33-36-39-42-45-48-51-54-57-63(72)80-67-65(74)64(73)66(68(75)76)81-69(67)78-59-60(79-62(71)56-53-50-47-44-41-38-34-27-24-21-18-15-12-9-6-3)58-77-61(70)55-52-49-46-43-40-37-35-32-29-26-23-20-17-14-11-8-5-2/h7,9-10,12,16-21,25-29,31,33-34,41,44,60,64-67,69,73-74H,4-6,8,11,13-15,22-24,30,32,35-40,42-43,45-59H2,1-3H3,(H,75,76)/b10-7-,12-9-,19-16-,20-17-,21-18-,28-25-,29-26-,33-31-,34-27-,44-41-. The second-order valence-corrected chi connectivity index (χ2v) is 20.9. The van der Waals surface area contributed by atoms with E-state index in [0.717, 1.165) is 141 Å². The van der Waals surface area contributed by atoms with Gasteiger partial charge in [0.05, 0.1) is 6.61 Å². The van der Waals surface area contributed by atoms with Crippen molar-refractivity contribution < 1.29 is 58.2 Å². The van der Waals surface area contributed by atoms with Gasteiger partial charge in [-0.05, 0) is 128 Å². The van der Waals surface area contributed by atoms with E-state index < -0.39 is 67.3 Å². The van der Waals surface area contributed by atoms with Crippen molar-refractivity contribution in [3.63, 3.8) is 0 Å². The second kappa shape index (κ2) is 55.6. The summed E-state index contributed by atoms with van der Waals surface area (Å²) in [5.41, 5.74) is 0. The quantitative estimate of drug-likeness (QED) is 0.0228. The number of aliphatic carboxylic acids is 1. The first kappa shape index (κ1) is 74.1. The number of hydrogen-bond donors (Lipinski definition) is 3. The number of esters is 3. The van der Waals surface area contributed by atoms with Gasteiger partial charge in [0.25, 0.3) is 0 Å². The summed E-state index contributed by atoms with van der Waals surface area (Å²) in [6, 6.07) is 0. The monoisotopic (exact) mass is 1130 g/mol. The maximum Gasteiger partial charge on any atom is 0.335 e. The van der Waals surface area contributed by atoms with Crippen LogP contribution >= 0.6 is 0 Å². The number of ether oxygens (including phenoxy) is 5. The highest BCUT2D eigenvalue weighted by Gasteiger charge is 2.50. The predicted molar refractivity (Wildman–Crippen MR) is 330 cm³/mol. The summed E-state index contributed by atoms with van der Waals surface area (Å²) in [6.07, 6.45) is 64.4. The minimum absolute atomic E-state index is 0.0321. The topological polar surface area (TPSA) is 175 Å². The predicted octanol–water partition coefficient (Wildman–Crippen LogP) is 16.8. The Labute approximate surface area is 490 Å². The van der Waals surface area contributed by atoms with Crippen LogP contribution < -0.4 is 0 Å². The van der Waals surface area contributed by atoms with Crippen LogP contribution in [0.15, 0.2) is 122 Å². The van der Waals surface area contributed by atoms with Crippen LogP contribution in [-0.2, 0) is 42.9 Å². The number of allylic oxidation sites excluding steroid dienone is 20. The summed E-state index contributed by atoms with van der Waals surface area (Å²) in [6.45, 7) is 5.70. The highest BCUT2D eigenvalue weighted by atomic mass is 16.7. The van der Waals surface area contributed by atoms with Crippen LogP contribution in [0.3, 0.4) is 0 Å². The number of hydrogen-bond acceptors (Lipinski definition) is 11. The summed E-state index contributed by atoms with van der Waals surface area (Å²) >= 11 is 0. The molecule has 6 unspecified atom stereocenters. The maximum atomic E-state index is 13.2. The van der Waals surface area contributed by atoms with Crippen LogP contribution in [0.5, 0.6) is 0 Å². The Hall–Kier alpha value is -4.88. The van der Waals surface area contributed by atoms with E-state index in [4.69, 9.17) is 23.7 Å². The third kappa shape index (κ3) is 45.3. The summed E-state index contributed by atoms with van der Waals surface area (Å²) < 4.78 is 28.4. The van der Waals surface area contributed by atoms with Crippen molar-refractivity contribution in [1.29, 1.82) is 0 Å². The number of carboxylic acid groups (broad SMARTS) is 1. The maximum absolute atomic E-state index is 13.2. The zero-order chi connectivity index (χ0) is 58.9. The van der Waals surface area contributed by atoms with Gasteiger partial charge in [-0.2, -0.15) is 0 Å². The molecule has 6 atom stereocenters. The van der Waals surface area contributed by atoms with Gasteiger partial charge in [-0.3, -0.25) is 14.4 Å². The number of aliphatic hydroxyl groups excluding tert-OH is 2. The number of unbranched alkanes of at least 4 members (excludes halogenated alkanes) is 18. The van der Waals surface area contributed by atoms with Crippen molar-refractivity contribution in [2.75, 3.05) is 13.2 Å². The molecule has 12 heteroatoms. The van der Waals surface area contributed by atoms with Crippen molar-refractivity contribution in [1.82, 2.24) is 0 Å². The minimum atomic E-state index is -1.92. The molecule has 1 rings (SSSR count). The largest absolute Gasteiger partial charge is 0.479 e. The van der Waals surface area contributed by atoms with Crippen LogP contribution in [0, 0.1) is 0 Å². The van der Waals surface area contributed by atoms with Gasteiger partial charge >= 0.3 is 23.9 Å². The normalized spacial score (nSPS) is 18.6. The fourth-order valence-corrected chi connectivity index (χ4v) is 8.73. The summed E-state index contributed by atoms with van der Waals surface area (Å²) in [5, 5.41) is 31.6. The van der Waals surface area contributed by atoms with E-state index in [0.29, 0.717) is 19.3 Å². The number of aliphatic hydroxyl groups is 2. The minimum Gasteiger partial charge on any atom is -0.479 e. The van der Waals surface area contributed by atoms with Gasteiger partial charge in [0.1, 0.15) is 18.8 Å². The van der Waals surface area contributed by atoms with Gasteiger partial charge in [0, 0.05) is 19.3 Å². The molecule has 81 heavy (non-hydrogen) atoms. The molecule has 0 spiro atoms. The Balaban J connectivity index is 2.71. The molecule has 0 aromatic heterocycles. The van der Waals surface area contributed by atoms with E-state index in [2.05, 4.69) is 142 Å². The molecule has 1 fully saturated rings. The first-order valence-electron chi connectivity index (χ1n) is 31.5. The van der Waals surface area contributed by atoms with Crippen molar-refractivity contribution in [3.8, 4) is 0 Å². The molecule has 0 aliphatic carbocycles. The number of carboxylic acids is 1. The Morgan fingerprint density at radius 3 is 1.21 bits per heavy atom. The molecule has 1 aliphatic rings. The van der Waals surface area contributed by atoms with Gasteiger partial charge in [-0.15, -0.1) is 0 Å². The lowest BCUT2D eigenvalue weighted by molar-refractivity contribution is -0.301. The lowest BCUT2D eigenvalue weighted by atomic mass is 9.98. The Morgan fingerprint density at radius 2 is 0.778 bits per heavy atom. The smallest absolute Gasteiger partial charge is 0.335 e. The lowest BCUT2D eigenvalue weighted by Gasteiger charge is -2.40. The summed E-state index contributed by atoms with van der Waals surface area (Å²) in [4.78, 5) is 51.3. The van der Waals surface area contributed by atoms with Crippen LogP contribution in [0.4, 0.5) is 0 Å². The van der Waals surface area contributed by atoms with E-state index in [1.54, 1.807) is 0 Å². The third-order valence-electron chi connectivity index (χ3n) is 13.5. The Morgan fingerprint density at radius 1 is 0.420 bits per heavy atom. The highest BCUT2D eigenvalue weighted by Crippen LogP contribution is 2.26. The summed E-state index contributed by atoms with van der Waals surface area (Å²) in [7, 11) is 0. The molecule has 1 aliphatic heterocycles. The first-order chi connectivity index (χ1) is 39.6. The van der Waals surface area contributed by atoms with E-state index in [9.17, 15) is 34.5 Å². The first-order valence-corrected chi connectivity index (χ1v) is 31.5. The van der Waals surface area contributed by atoms with Gasteiger partial charge in [-0.1, -0.05) is 213 Å². The number of carbonyl (C=O) groups is 4. The molecular formula is C69H110O12. The highest BCUT2D eigenvalue weighted by molar-refractivity contribution is 5.74. The third-order valence-corrected chi connectivity index (χ3v) is 13.5. The van der Waals surface area contributed by atoms with Gasteiger partial charge in [-0.25, -0.2) is 4.79 Å². The summed E-state index contributed by atoms with van der Waals surface area (Å²) in [5.74, 6) is -3.22. The van der Waals surface area contributed by atoms with Crippen molar-refractivity contribution in [2.45, 2.75) is 276 Å². The molecule has 1 heterocycles. The average Bonchev–Trinajstić information content (AvgIpc) is 3.54. The van der Waals surface area contributed by atoms with Crippen LogP contribution in [0.2, 0.25) is 0 Å². The molecule has 0 saturated carbocycles.